The van der Waals surface area contributed by atoms with Crippen molar-refractivity contribution in [2.45, 2.75) is 32.2 Å². The zero-order chi connectivity index (χ0) is 11.6. The Balaban J connectivity index is 2.01. The molecule has 88 valence electrons. The molecule has 1 saturated heterocycles. The zero-order valence-corrected chi connectivity index (χ0v) is 9.54. The quantitative estimate of drug-likeness (QED) is 0.752. The SMILES string of the molecule is Cc1nc(C(=O)NC2(C)CCNCC2)no1. The first kappa shape index (κ1) is 11.1. The van der Waals surface area contributed by atoms with E-state index in [0.717, 1.165) is 25.9 Å². The van der Waals surface area contributed by atoms with Gasteiger partial charge in [0.1, 0.15) is 0 Å². The Hall–Kier alpha value is -1.43. The fourth-order valence-corrected chi connectivity index (χ4v) is 1.83. The van der Waals surface area contributed by atoms with Gasteiger partial charge in [0, 0.05) is 12.5 Å². The highest BCUT2D eigenvalue weighted by Gasteiger charge is 2.29. The van der Waals surface area contributed by atoms with Crippen LogP contribution in [-0.2, 0) is 0 Å². The third-order valence-corrected chi connectivity index (χ3v) is 2.85. The Kier molecular flexibility index (Phi) is 2.91. The van der Waals surface area contributed by atoms with E-state index >= 15 is 0 Å². The van der Waals surface area contributed by atoms with Crippen LogP contribution in [0.2, 0.25) is 0 Å². The largest absolute Gasteiger partial charge is 0.344 e. The normalized spacial score (nSPS) is 19.4. The van der Waals surface area contributed by atoms with Crippen molar-refractivity contribution in [2.24, 2.45) is 0 Å². The van der Waals surface area contributed by atoms with Crippen LogP contribution in [0.1, 0.15) is 36.3 Å². The first-order chi connectivity index (χ1) is 7.59. The van der Waals surface area contributed by atoms with E-state index in [9.17, 15) is 4.79 Å². The van der Waals surface area contributed by atoms with Gasteiger partial charge in [-0.25, -0.2) is 0 Å². The Morgan fingerprint density at radius 1 is 1.50 bits per heavy atom. The summed E-state index contributed by atoms with van der Waals surface area (Å²) in [4.78, 5) is 15.7. The number of piperidine rings is 1. The van der Waals surface area contributed by atoms with Gasteiger partial charge in [0.15, 0.2) is 0 Å². The number of aryl methyl sites for hydroxylation is 1. The molecule has 1 fully saturated rings. The summed E-state index contributed by atoms with van der Waals surface area (Å²) in [6.45, 7) is 5.54. The van der Waals surface area contributed by atoms with Crippen molar-refractivity contribution >= 4 is 5.91 Å². The molecule has 2 rings (SSSR count). The van der Waals surface area contributed by atoms with Gasteiger partial charge in [0.25, 0.3) is 11.7 Å². The summed E-state index contributed by atoms with van der Waals surface area (Å²) in [5.41, 5.74) is -0.170. The van der Waals surface area contributed by atoms with Crippen LogP contribution >= 0.6 is 0 Å². The fraction of sp³-hybridized carbons (Fsp3) is 0.700. The van der Waals surface area contributed by atoms with Crippen molar-refractivity contribution in [2.75, 3.05) is 13.1 Å². The molecule has 1 aromatic rings. The first-order valence-electron chi connectivity index (χ1n) is 5.43. The van der Waals surface area contributed by atoms with Gasteiger partial charge in [-0.2, -0.15) is 4.98 Å². The highest BCUT2D eigenvalue weighted by Crippen LogP contribution is 2.17. The lowest BCUT2D eigenvalue weighted by atomic mass is 9.90. The van der Waals surface area contributed by atoms with Crippen LogP contribution in [-0.4, -0.2) is 34.7 Å². The average molecular weight is 224 g/mol. The van der Waals surface area contributed by atoms with E-state index in [-0.39, 0.29) is 17.3 Å². The van der Waals surface area contributed by atoms with E-state index < -0.39 is 0 Å². The molecule has 2 heterocycles. The van der Waals surface area contributed by atoms with Crippen LogP contribution in [0, 0.1) is 6.92 Å². The first-order valence-corrected chi connectivity index (χ1v) is 5.43. The maximum absolute atomic E-state index is 11.8. The molecule has 0 radical (unpaired) electrons. The van der Waals surface area contributed by atoms with E-state index in [2.05, 4.69) is 20.8 Å². The van der Waals surface area contributed by atoms with Crippen molar-refractivity contribution in [3.63, 3.8) is 0 Å². The van der Waals surface area contributed by atoms with Gasteiger partial charge in [0.2, 0.25) is 5.89 Å². The number of hydrogen-bond donors (Lipinski definition) is 2. The molecular weight excluding hydrogens is 208 g/mol. The van der Waals surface area contributed by atoms with Crippen molar-refractivity contribution < 1.29 is 9.32 Å². The molecule has 2 N–H and O–H groups in total. The molecule has 6 heteroatoms. The molecule has 1 aliphatic rings. The lowest BCUT2D eigenvalue weighted by Crippen LogP contribution is -2.52. The third-order valence-electron chi connectivity index (χ3n) is 2.85. The fourth-order valence-electron chi connectivity index (χ4n) is 1.83. The van der Waals surface area contributed by atoms with Gasteiger partial charge in [-0.3, -0.25) is 4.79 Å². The number of aromatic nitrogens is 2. The molecule has 0 aromatic carbocycles. The maximum atomic E-state index is 11.8. The Morgan fingerprint density at radius 2 is 2.19 bits per heavy atom. The maximum Gasteiger partial charge on any atom is 0.293 e. The Morgan fingerprint density at radius 3 is 2.75 bits per heavy atom. The summed E-state index contributed by atoms with van der Waals surface area (Å²) in [6, 6.07) is 0. The number of carbonyl (C=O) groups is 1. The van der Waals surface area contributed by atoms with Crippen molar-refractivity contribution in [1.82, 2.24) is 20.8 Å². The van der Waals surface area contributed by atoms with Gasteiger partial charge in [-0.1, -0.05) is 5.16 Å². The van der Waals surface area contributed by atoms with E-state index in [4.69, 9.17) is 4.52 Å². The Bertz CT molecular complexity index is 382. The van der Waals surface area contributed by atoms with E-state index in [1.807, 2.05) is 6.92 Å². The topological polar surface area (TPSA) is 80.0 Å². The summed E-state index contributed by atoms with van der Waals surface area (Å²) in [5.74, 6) is 0.249. The summed E-state index contributed by atoms with van der Waals surface area (Å²) >= 11 is 0. The number of nitrogens with zero attached hydrogens (tertiary/aromatic N) is 2. The minimum absolute atomic E-state index is 0.109. The van der Waals surface area contributed by atoms with Crippen LogP contribution in [0.15, 0.2) is 4.52 Å². The molecule has 0 bridgehead atoms. The minimum atomic E-state index is -0.263. The molecule has 16 heavy (non-hydrogen) atoms. The molecule has 1 amide bonds. The number of rotatable bonds is 2. The lowest BCUT2D eigenvalue weighted by molar-refractivity contribution is 0.0873. The molecule has 1 aromatic heterocycles. The van der Waals surface area contributed by atoms with Gasteiger partial charge < -0.3 is 15.2 Å². The van der Waals surface area contributed by atoms with Crippen molar-refractivity contribution in [1.29, 1.82) is 0 Å². The highest BCUT2D eigenvalue weighted by molar-refractivity contribution is 5.90. The molecule has 0 saturated carbocycles. The number of amides is 1. The van der Waals surface area contributed by atoms with Crippen molar-refractivity contribution in [3.8, 4) is 0 Å². The monoisotopic (exact) mass is 224 g/mol. The van der Waals surface area contributed by atoms with Crippen LogP contribution in [0.5, 0.6) is 0 Å². The number of nitrogens with one attached hydrogen (secondary N) is 2. The second-order valence-corrected chi connectivity index (χ2v) is 4.40. The second kappa shape index (κ2) is 4.21. The molecule has 0 spiro atoms. The molecule has 0 atom stereocenters. The van der Waals surface area contributed by atoms with Crippen molar-refractivity contribution in [3.05, 3.63) is 11.7 Å². The van der Waals surface area contributed by atoms with E-state index in [1.54, 1.807) is 6.92 Å². The standard InChI is InChI=1S/C10H16N4O2/c1-7-12-8(14-16-7)9(15)13-10(2)3-5-11-6-4-10/h11H,3-6H2,1-2H3,(H,13,15). The van der Waals surface area contributed by atoms with E-state index in [1.165, 1.54) is 0 Å². The Labute approximate surface area is 93.8 Å². The van der Waals surface area contributed by atoms with Crippen LogP contribution in [0.3, 0.4) is 0 Å². The van der Waals surface area contributed by atoms with Gasteiger partial charge in [-0.05, 0) is 32.9 Å². The predicted octanol–water partition coefficient (Wildman–Crippen LogP) is 0.250. The smallest absolute Gasteiger partial charge is 0.293 e. The number of hydrogen-bond acceptors (Lipinski definition) is 5. The summed E-state index contributed by atoms with van der Waals surface area (Å²) < 4.78 is 4.77. The van der Waals surface area contributed by atoms with E-state index in [0.29, 0.717) is 5.89 Å². The highest BCUT2D eigenvalue weighted by atomic mass is 16.5. The molecule has 6 nitrogen and oxygen atoms in total. The van der Waals surface area contributed by atoms with Gasteiger partial charge >= 0.3 is 0 Å². The summed E-state index contributed by atoms with van der Waals surface area (Å²) in [6.07, 6.45) is 1.82. The summed E-state index contributed by atoms with van der Waals surface area (Å²) in [5, 5.41) is 9.82. The lowest BCUT2D eigenvalue weighted by Gasteiger charge is -2.34. The van der Waals surface area contributed by atoms with Gasteiger partial charge in [-0.15, -0.1) is 0 Å². The van der Waals surface area contributed by atoms with Crippen LogP contribution in [0.4, 0.5) is 0 Å². The molecular formula is C10H16N4O2. The zero-order valence-electron chi connectivity index (χ0n) is 9.54. The number of carbonyl (C=O) groups excluding carboxylic acids is 1. The second-order valence-electron chi connectivity index (χ2n) is 4.40. The van der Waals surface area contributed by atoms with Gasteiger partial charge in [0.05, 0.1) is 0 Å². The minimum Gasteiger partial charge on any atom is -0.344 e. The van der Waals surface area contributed by atoms with Crippen LogP contribution < -0.4 is 10.6 Å². The summed E-state index contributed by atoms with van der Waals surface area (Å²) in [7, 11) is 0. The molecule has 1 aliphatic heterocycles. The average Bonchev–Trinajstić information content (AvgIpc) is 2.65. The van der Waals surface area contributed by atoms with Crippen LogP contribution in [0.25, 0.3) is 0 Å². The predicted molar refractivity (Wildman–Crippen MR) is 57.0 cm³/mol. The molecule has 0 unspecified atom stereocenters. The molecule has 0 aliphatic carbocycles. The third kappa shape index (κ3) is 2.38.